The molecule has 0 aliphatic rings. The van der Waals surface area contributed by atoms with Crippen molar-refractivity contribution in [2.45, 2.75) is 66.4 Å². The Bertz CT molecular complexity index is 275. The van der Waals surface area contributed by atoms with Crippen LogP contribution in [-0.2, 0) is 9.53 Å². The van der Waals surface area contributed by atoms with Crippen LogP contribution in [-0.4, -0.2) is 35.5 Å². The molecule has 2 unspecified atom stereocenters. The molecule has 2 N–H and O–H groups in total. The molecule has 0 fully saturated rings. The molecule has 0 aromatic heterocycles. The quantitative estimate of drug-likeness (QED) is 0.634. The highest BCUT2D eigenvalue weighted by Gasteiger charge is 2.34. The summed E-state index contributed by atoms with van der Waals surface area (Å²) >= 11 is 0. The summed E-state index contributed by atoms with van der Waals surface area (Å²) in [6.45, 7) is 9.91. The molecule has 0 aliphatic heterocycles. The van der Waals surface area contributed by atoms with Gasteiger partial charge in [0.05, 0.1) is 12.0 Å². The SMILES string of the molecule is CCC(C)(C)CCC(C)(CC)C(=O)OCC(O)CO. The van der Waals surface area contributed by atoms with Gasteiger partial charge in [-0.05, 0) is 31.6 Å². The van der Waals surface area contributed by atoms with Crippen LogP contribution in [0.3, 0.4) is 0 Å². The molecule has 4 heteroatoms. The molecule has 0 saturated carbocycles. The van der Waals surface area contributed by atoms with Crippen LogP contribution >= 0.6 is 0 Å². The minimum Gasteiger partial charge on any atom is -0.462 e. The first-order valence-corrected chi connectivity index (χ1v) is 7.17. The van der Waals surface area contributed by atoms with Crippen LogP contribution in [0.5, 0.6) is 0 Å². The predicted molar refractivity (Wildman–Crippen MR) is 75.8 cm³/mol. The van der Waals surface area contributed by atoms with Gasteiger partial charge in [-0.3, -0.25) is 4.79 Å². The van der Waals surface area contributed by atoms with Crippen LogP contribution in [0.2, 0.25) is 0 Å². The monoisotopic (exact) mass is 274 g/mol. The maximum Gasteiger partial charge on any atom is 0.311 e. The lowest BCUT2D eigenvalue weighted by Gasteiger charge is -2.31. The van der Waals surface area contributed by atoms with Gasteiger partial charge in [-0.2, -0.15) is 0 Å². The fourth-order valence-electron chi connectivity index (χ4n) is 1.61. The lowest BCUT2D eigenvalue weighted by molar-refractivity contribution is -0.159. The zero-order valence-corrected chi connectivity index (χ0v) is 13.0. The molecule has 4 nitrogen and oxygen atoms in total. The maximum atomic E-state index is 12.1. The Balaban J connectivity index is 4.46. The first-order valence-electron chi connectivity index (χ1n) is 7.17. The summed E-state index contributed by atoms with van der Waals surface area (Å²) in [4.78, 5) is 12.1. The van der Waals surface area contributed by atoms with Crippen LogP contribution in [0, 0.1) is 10.8 Å². The van der Waals surface area contributed by atoms with E-state index in [2.05, 4.69) is 20.8 Å². The van der Waals surface area contributed by atoms with E-state index in [4.69, 9.17) is 9.84 Å². The van der Waals surface area contributed by atoms with Crippen molar-refractivity contribution in [3.8, 4) is 0 Å². The van der Waals surface area contributed by atoms with Gasteiger partial charge >= 0.3 is 5.97 Å². The molecular weight excluding hydrogens is 244 g/mol. The second kappa shape index (κ2) is 7.85. The highest BCUT2D eigenvalue weighted by atomic mass is 16.5. The summed E-state index contributed by atoms with van der Waals surface area (Å²) in [6, 6.07) is 0. The third kappa shape index (κ3) is 6.39. The minimum atomic E-state index is -0.989. The molecule has 114 valence electrons. The van der Waals surface area contributed by atoms with E-state index in [1.54, 1.807) is 0 Å². The van der Waals surface area contributed by atoms with Gasteiger partial charge in [-0.25, -0.2) is 0 Å². The molecule has 0 saturated heterocycles. The van der Waals surface area contributed by atoms with Crippen molar-refractivity contribution in [2.75, 3.05) is 13.2 Å². The molecule has 2 atom stereocenters. The number of carbonyl (C=O) groups excluding carboxylic acids is 1. The zero-order chi connectivity index (χ0) is 15.1. The van der Waals surface area contributed by atoms with E-state index < -0.39 is 11.5 Å². The van der Waals surface area contributed by atoms with Crippen molar-refractivity contribution in [1.29, 1.82) is 0 Å². The minimum absolute atomic E-state index is 0.137. The fourth-order valence-corrected chi connectivity index (χ4v) is 1.61. The smallest absolute Gasteiger partial charge is 0.311 e. The van der Waals surface area contributed by atoms with E-state index in [1.807, 2.05) is 13.8 Å². The van der Waals surface area contributed by atoms with Crippen molar-refractivity contribution >= 4 is 5.97 Å². The molecule has 0 rings (SSSR count). The Labute approximate surface area is 117 Å². The van der Waals surface area contributed by atoms with Gasteiger partial charge in [0.15, 0.2) is 0 Å². The molecule has 0 amide bonds. The van der Waals surface area contributed by atoms with Crippen LogP contribution in [0.25, 0.3) is 0 Å². The predicted octanol–water partition coefficient (Wildman–Crippen LogP) is 2.52. The van der Waals surface area contributed by atoms with Gasteiger partial charge < -0.3 is 14.9 Å². The molecule has 0 aliphatic carbocycles. The maximum absolute atomic E-state index is 12.1. The average Bonchev–Trinajstić information content (AvgIpc) is 2.41. The summed E-state index contributed by atoms with van der Waals surface area (Å²) in [7, 11) is 0. The molecule has 0 heterocycles. The van der Waals surface area contributed by atoms with E-state index in [0.717, 1.165) is 19.3 Å². The first-order chi connectivity index (χ1) is 8.70. The topological polar surface area (TPSA) is 66.8 Å². The number of hydrogen-bond acceptors (Lipinski definition) is 4. The van der Waals surface area contributed by atoms with E-state index in [-0.39, 0.29) is 24.6 Å². The van der Waals surface area contributed by atoms with Crippen molar-refractivity contribution in [3.05, 3.63) is 0 Å². The second-order valence-electron chi connectivity index (χ2n) is 6.37. The van der Waals surface area contributed by atoms with Crippen LogP contribution < -0.4 is 0 Å². The van der Waals surface area contributed by atoms with Gasteiger partial charge in [-0.1, -0.05) is 34.1 Å². The van der Waals surface area contributed by atoms with Crippen LogP contribution in [0.15, 0.2) is 0 Å². The number of aliphatic hydroxyl groups is 2. The molecule has 0 bridgehead atoms. The molecule has 0 radical (unpaired) electrons. The lowest BCUT2D eigenvalue weighted by atomic mass is 9.75. The van der Waals surface area contributed by atoms with Gasteiger partial charge in [0.2, 0.25) is 0 Å². The summed E-state index contributed by atoms with van der Waals surface area (Å²) in [5.74, 6) is -0.283. The summed E-state index contributed by atoms with van der Waals surface area (Å²) in [5, 5.41) is 17.9. The number of rotatable bonds is 9. The Morgan fingerprint density at radius 1 is 1.16 bits per heavy atom. The van der Waals surface area contributed by atoms with Crippen molar-refractivity contribution in [3.63, 3.8) is 0 Å². The van der Waals surface area contributed by atoms with Crippen molar-refractivity contribution in [2.24, 2.45) is 10.8 Å². The summed E-state index contributed by atoms with van der Waals surface area (Å²) in [6.07, 6.45) is 2.53. The number of esters is 1. The van der Waals surface area contributed by atoms with Gasteiger partial charge in [0.25, 0.3) is 0 Å². The molecular formula is C15H30O4. The third-order valence-corrected chi connectivity index (χ3v) is 4.20. The van der Waals surface area contributed by atoms with Crippen molar-refractivity contribution in [1.82, 2.24) is 0 Å². The Kier molecular flexibility index (Phi) is 7.60. The number of aliphatic hydroxyl groups excluding tert-OH is 2. The third-order valence-electron chi connectivity index (χ3n) is 4.20. The number of hydrogen-bond donors (Lipinski definition) is 2. The number of carbonyl (C=O) groups is 1. The highest BCUT2D eigenvalue weighted by Crippen LogP contribution is 2.36. The van der Waals surface area contributed by atoms with E-state index >= 15 is 0 Å². The molecule has 0 aromatic rings. The molecule has 0 aromatic carbocycles. The van der Waals surface area contributed by atoms with Gasteiger partial charge in [-0.15, -0.1) is 0 Å². The Morgan fingerprint density at radius 3 is 2.16 bits per heavy atom. The van der Waals surface area contributed by atoms with Gasteiger partial charge in [0, 0.05) is 0 Å². The van der Waals surface area contributed by atoms with E-state index in [0.29, 0.717) is 6.42 Å². The lowest BCUT2D eigenvalue weighted by Crippen LogP contribution is -2.33. The fraction of sp³-hybridized carbons (Fsp3) is 0.933. The van der Waals surface area contributed by atoms with Crippen LogP contribution in [0.1, 0.15) is 60.3 Å². The highest BCUT2D eigenvalue weighted by molar-refractivity contribution is 5.76. The molecule has 19 heavy (non-hydrogen) atoms. The average molecular weight is 274 g/mol. The summed E-state index contributed by atoms with van der Waals surface area (Å²) in [5.41, 5.74) is -0.289. The standard InChI is InChI=1S/C15H30O4/c1-6-14(3,4)8-9-15(5,7-2)13(18)19-11-12(17)10-16/h12,16-17H,6-11H2,1-5H3. The molecule has 0 spiro atoms. The second-order valence-corrected chi connectivity index (χ2v) is 6.37. The van der Waals surface area contributed by atoms with Crippen LogP contribution in [0.4, 0.5) is 0 Å². The largest absolute Gasteiger partial charge is 0.462 e. The van der Waals surface area contributed by atoms with E-state index in [9.17, 15) is 9.90 Å². The number of ether oxygens (including phenoxy) is 1. The summed E-state index contributed by atoms with van der Waals surface area (Å²) < 4.78 is 5.10. The zero-order valence-electron chi connectivity index (χ0n) is 13.0. The Hall–Kier alpha value is -0.610. The Morgan fingerprint density at radius 2 is 1.74 bits per heavy atom. The normalized spacial score (nSPS) is 16.8. The van der Waals surface area contributed by atoms with E-state index in [1.165, 1.54) is 0 Å². The first kappa shape index (κ1) is 18.4. The van der Waals surface area contributed by atoms with Crippen molar-refractivity contribution < 1.29 is 19.7 Å². The van der Waals surface area contributed by atoms with Gasteiger partial charge in [0.1, 0.15) is 12.7 Å².